The molecule has 0 bridgehead atoms. The van der Waals surface area contributed by atoms with Gasteiger partial charge in [-0.3, -0.25) is 9.59 Å². The van der Waals surface area contributed by atoms with Gasteiger partial charge in [0.25, 0.3) is 0 Å². The van der Waals surface area contributed by atoms with Crippen molar-refractivity contribution >= 4 is 17.9 Å². The number of alkyl carbamates (subject to hydrolysis) is 1. The number of aryl methyl sites for hydroxylation is 1. The minimum absolute atomic E-state index is 0.199. The molecule has 7 heteroatoms. The number of hydrogen-bond acceptors (Lipinski definition) is 4. The summed E-state index contributed by atoms with van der Waals surface area (Å²) < 4.78 is 5.37. The third-order valence-corrected chi connectivity index (χ3v) is 6.08. The maximum atomic E-state index is 13.9. The van der Waals surface area contributed by atoms with E-state index in [0.717, 1.165) is 43.2 Å². The first-order valence-electron chi connectivity index (χ1n) is 13.4. The molecule has 0 aromatic heterocycles. The van der Waals surface area contributed by atoms with Gasteiger partial charge in [0.1, 0.15) is 17.7 Å². The fourth-order valence-electron chi connectivity index (χ4n) is 4.08. The van der Waals surface area contributed by atoms with Crippen molar-refractivity contribution < 1.29 is 19.1 Å². The van der Waals surface area contributed by atoms with Gasteiger partial charge in [-0.2, -0.15) is 0 Å². The first kappa shape index (κ1) is 31.5. The predicted molar refractivity (Wildman–Crippen MR) is 146 cm³/mol. The summed E-state index contributed by atoms with van der Waals surface area (Å²) >= 11 is 0. The summed E-state index contributed by atoms with van der Waals surface area (Å²) in [6.45, 7) is 17.9. The van der Waals surface area contributed by atoms with Crippen molar-refractivity contribution in [1.29, 1.82) is 0 Å². The van der Waals surface area contributed by atoms with Crippen LogP contribution in [0.3, 0.4) is 0 Å². The lowest BCUT2D eigenvalue weighted by molar-refractivity contribution is -0.145. The molecule has 0 radical (unpaired) electrons. The Labute approximate surface area is 218 Å². The Morgan fingerprint density at radius 1 is 1.00 bits per heavy atom. The number of rotatable bonds is 13. The van der Waals surface area contributed by atoms with Gasteiger partial charge in [-0.25, -0.2) is 4.79 Å². The van der Waals surface area contributed by atoms with Crippen LogP contribution in [0.25, 0.3) is 0 Å². The third kappa shape index (κ3) is 10.6. The van der Waals surface area contributed by atoms with Gasteiger partial charge in [0.05, 0.1) is 0 Å². The molecule has 0 saturated heterocycles. The number of benzene rings is 1. The highest BCUT2D eigenvalue weighted by Crippen LogP contribution is 2.29. The summed E-state index contributed by atoms with van der Waals surface area (Å²) in [7, 11) is 0. The van der Waals surface area contributed by atoms with Crippen molar-refractivity contribution in [3.63, 3.8) is 0 Å². The van der Waals surface area contributed by atoms with Gasteiger partial charge in [0, 0.05) is 12.6 Å². The van der Waals surface area contributed by atoms with Crippen LogP contribution >= 0.6 is 0 Å². The second-order valence-corrected chi connectivity index (χ2v) is 11.2. The monoisotopic (exact) mass is 503 g/mol. The van der Waals surface area contributed by atoms with E-state index in [0.29, 0.717) is 12.5 Å². The maximum Gasteiger partial charge on any atom is 0.408 e. The number of ether oxygens (including phenoxy) is 1. The normalized spacial score (nSPS) is 14.1. The Bertz CT molecular complexity index is 847. The van der Waals surface area contributed by atoms with E-state index in [1.54, 1.807) is 32.6 Å². The van der Waals surface area contributed by atoms with Gasteiger partial charge in [0.2, 0.25) is 11.8 Å². The fourth-order valence-corrected chi connectivity index (χ4v) is 4.08. The first-order chi connectivity index (χ1) is 16.8. The van der Waals surface area contributed by atoms with E-state index < -0.39 is 23.8 Å². The van der Waals surface area contributed by atoms with Crippen LogP contribution in [0.4, 0.5) is 4.79 Å². The zero-order chi connectivity index (χ0) is 27.5. The second kappa shape index (κ2) is 14.9. The van der Waals surface area contributed by atoms with Crippen LogP contribution in [-0.2, 0) is 14.3 Å². The number of carbonyl (C=O) groups excluding carboxylic acids is 3. The molecule has 0 heterocycles. The summed E-state index contributed by atoms with van der Waals surface area (Å²) in [4.78, 5) is 41.7. The van der Waals surface area contributed by atoms with Crippen molar-refractivity contribution in [2.75, 3.05) is 6.54 Å². The minimum atomic E-state index is -0.860. The van der Waals surface area contributed by atoms with Gasteiger partial charge in [-0.15, -0.1) is 0 Å². The molecule has 36 heavy (non-hydrogen) atoms. The molecule has 0 aliphatic heterocycles. The van der Waals surface area contributed by atoms with Gasteiger partial charge in [0.15, 0.2) is 0 Å². The first-order valence-corrected chi connectivity index (χ1v) is 13.4. The van der Waals surface area contributed by atoms with E-state index >= 15 is 0 Å². The van der Waals surface area contributed by atoms with Crippen LogP contribution in [0.1, 0.15) is 105 Å². The molecule has 2 N–H and O–H groups in total. The lowest BCUT2D eigenvalue weighted by atomic mass is 9.95. The molecular weight excluding hydrogens is 454 g/mol. The van der Waals surface area contributed by atoms with Gasteiger partial charge in [-0.1, -0.05) is 57.9 Å². The zero-order valence-corrected chi connectivity index (χ0v) is 23.9. The molecule has 3 unspecified atom stereocenters. The Kier molecular flexibility index (Phi) is 13.0. The molecule has 3 atom stereocenters. The van der Waals surface area contributed by atoms with Crippen molar-refractivity contribution in [3.8, 4) is 0 Å². The highest BCUT2D eigenvalue weighted by atomic mass is 16.6. The van der Waals surface area contributed by atoms with Crippen molar-refractivity contribution in [2.24, 2.45) is 5.92 Å². The molecule has 0 spiro atoms. The number of nitrogens with one attached hydrogen (secondary N) is 2. The molecule has 0 fully saturated rings. The molecule has 7 nitrogen and oxygen atoms in total. The van der Waals surface area contributed by atoms with Crippen molar-refractivity contribution in [1.82, 2.24) is 15.5 Å². The molecule has 1 aromatic carbocycles. The molecule has 3 amide bonds. The third-order valence-electron chi connectivity index (χ3n) is 6.08. The number of carbonyl (C=O) groups is 3. The van der Waals surface area contributed by atoms with Crippen LogP contribution in [0.5, 0.6) is 0 Å². The van der Waals surface area contributed by atoms with Crippen molar-refractivity contribution in [3.05, 3.63) is 35.4 Å². The standard InChI is InChI=1S/C29H49N3O4/c1-10-11-14-19-30-26(33)25(24-16-13-12-15-21(24)4)32(22(5)18-17-20(2)3)27(34)23(6)31-28(35)36-29(7,8)9/h12-13,15-16,20,22-23,25H,10-11,14,17-19H2,1-9H3,(H,30,33)(H,31,35). The van der Waals surface area contributed by atoms with E-state index in [4.69, 9.17) is 4.74 Å². The SMILES string of the molecule is CCCCCNC(=O)C(c1ccccc1C)N(C(=O)C(C)NC(=O)OC(C)(C)C)C(C)CCC(C)C. The number of nitrogens with zero attached hydrogens (tertiary/aromatic N) is 1. The largest absolute Gasteiger partial charge is 0.444 e. The number of hydrogen-bond donors (Lipinski definition) is 2. The molecular formula is C29H49N3O4. The summed E-state index contributed by atoms with van der Waals surface area (Å²) in [6.07, 6.45) is 3.97. The van der Waals surface area contributed by atoms with E-state index in [-0.39, 0.29) is 17.9 Å². The average Bonchev–Trinajstić information content (AvgIpc) is 2.77. The Morgan fingerprint density at radius 3 is 2.19 bits per heavy atom. The van der Waals surface area contributed by atoms with Crippen molar-refractivity contribution in [2.45, 2.75) is 118 Å². The molecule has 0 aliphatic carbocycles. The average molecular weight is 504 g/mol. The summed E-state index contributed by atoms with van der Waals surface area (Å²) in [6, 6.07) is 5.81. The van der Waals surface area contributed by atoms with Crippen LogP contribution in [-0.4, -0.2) is 47.0 Å². The van der Waals surface area contributed by atoms with E-state index in [1.165, 1.54) is 0 Å². The maximum absolute atomic E-state index is 13.9. The molecule has 0 saturated carbocycles. The fraction of sp³-hybridized carbons (Fsp3) is 0.690. The molecule has 0 aliphatic rings. The number of unbranched alkanes of at least 4 members (excludes halogenated alkanes) is 2. The quantitative estimate of drug-likeness (QED) is 0.328. The lowest BCUT2D eigenvalue weighted by Gasteiger charge is -2.38. The number of amides is 3. The lowest BCUT2D eigenvalue weighted by Crippen LogP contribution is -2.54. The van der Waals surface area contributed by atoms with Gasteiger partial charge < -0.3 is 20.3 Å². The van der Waals surface area contributed by atoms with Gasteiger partial charge in [-0.05, 0) is 77.8 Å². The van der Waals surface area contributed by atoms with E-state index in [2.05, 4.69) is 31.4 Å². The highest BCUT2D eigenvalue weighted by molar-refractivity contribution is 5.92. The predicted octanol–water partition coefficient (Wildman–Crippen LogP) is 5.91. The van der Waals surface area contributed by atoms with Crippen LogP contribution in [0, 0.1) is 12.8 Å². The van der Waals surface area contributed by atoms with Crippen LogP contribution in [0.15, 0.2) is 24.3 Å². The summed E-state index contributed by atoms with van der Waals surface area (Å²) in [5.74, 6) is -0.0507. The zero-order valence-electron chi connectivity index (χ0n) is 23.9. The van der Waals surface area contributed by atoms with Crippen LogP contribution < -0.4 is 10.6 Å². The van der Waals surface area contributed by atoms with Gasteiger partial charge >= 0.3 is 6.09 Å². The van der Waals surface area contributed by atoms with E-state index in [1.807, 2.05) is 38.1 Å². The Hall–Kier alpha value is -2.57. The molecule has 1 rings (SSSR count). The Morgan fingerprint density at radius 2 is 1.64 bits per heavy atom. The second-order valence-electron chi connectivity index (χ2n) is 11.2. The Balaban J connectivity index is 3.39. The summed E-state index contributed by atoms with van der Waals surface area (Å²) in [5.41, 5.74) is 1.05. The smallest absolute Gasteiger partial charge is 0.408 e. The van der Waals surface area contributed by atoms with Crippen LogP contribution in [0.2, 0.25) is 0 Å². The summed E-state index contributed by atoms with van der Waals surface area (Å²) in [5, 5.41) is 5.74. The minimum Gasteiger partial charge on any atom is -0.444 e. The van der Waals surface area contributed by atoms with E-state index in [9.17, 15) is 14.4 Å². The molecule has 1 aromatic rings. The molecule has 204 valence electrons. The topological polar surface area (TPSA) is 87.7 Å². The highest BCUT2D eigenvalue weighted by Gasteiger charge is 2.38.